The van der Waals surface area contributed by atoms with Gasteiger partial charge in [0.2, 0.25) is 0 Å². The molecule has 1 rings (SSSR count). The molecular formula is C8H8F2N2O. The fraction of sp³-hybridized carbons (Fsp3) is 0.250. The smallest absolute Gasteiger partial charge is 0.265 e. The Labute approximate surface area is 73.6 Å². The van der Waals surface area contributed by atoms with Gasteiger partial charge in [-0.3, -0.25) is 9.78 Å². The normalized spacial score (nSPS) is 10.5. The molecule has 13 heavy (non-hydrogen) atoms. The molecule has 0 aromatic carbocycles. The maximum absolute atomic E-state index is 12.1. The highest BCUT2D eigenvalue weighted by Gasteiger charge is 2.10. The third-order valence-corrected chi connectivity index (χ3v) is 1.52. The SMILES string of the molecule is NCC(=O)c1cncc(C(F)F)c1. The molecule has 0 fully saturated rings. The predicted molar refractivity (Wildman–Crippen MR) is 42.6 cm³/mol. The number of pyridine rings is 1. The van der Waals surface area contributed by atoms with Gasteiger partial charge in [0.25, 0.3) is 6.43 Å². The Kier molecular flexibility index (Phi) is 3.02. The molecule has 0 aliphatic heterocycles. The number of nitrogens with zero attached hydrogens (tertiary/aromatic N) is 1. The summed E-state index contributed by atoms with van der Waals surface area (Å²) >= 11 is 0. The minimum atomic E-state index is -2.61. The Balaban J connectivity index is 2.98. The summed E-state index contributed by atoms with van der Waals surface area (Å²) in [5.74, 6) is -0.394. The minimum Gasteiger partial charge on any atom is -0.324 e. The van der Waals surface area contributed by atoms with E-state index in [1.54, 1.807) is 0 Å². The van der Waals surface area contributed by atoms with Crippen molar-refractivity contribution >= 4 is 5.78 Å². The van der Waals surface area contributed by atoms with Crippen LogP contribution in [0.1, 0.15) is 22.3 Å². The molecule has 2 N–H and O–H groups in total. The van der Waals surface area contributed by atoms with Crippen molar-refractivity contribution in [2.24, 2.45) is 5.73 Å². The molecule has 1 aromatic heterocycles. The molecular weight excluding hydrogens is 178 g/mol. The Bertz CT molecular complexity index is 315. The molecule has 0 aliphatic rings. The fourth-order valence-corrected chi connectivity index (χ4v) is 0.847. The van der Waals surface area contributed by atoms with E-state index >= 15 is 0 Å². The van der Waals surface area contributed by atoms with Crippen molar-refractivity contribution in [1.82, 2.24) is 4.98 Å². The Morgan fingerprint density at radius 3 is 2.77 bits per heavy atom. The van der Waals surface area contributed by atoms with E-state index in [0.717, 1.165) is 12.3 Å². The number of Topliss-reactive ketones (excluding diaryl/α,β-unsaturated/α-hetero) is 1. The van der Waals surface area contributed by atoms with E-state index in [1.807, 2.05) is 0 Å². The number of halogens is 2. The third-order valence-electron chi connectivity index (χ3n) is 1.52. The van der Waals surface area contributed by atoms with Crippen LogP contribution in [0, 0.1) is 0 Å². The van der Waals surface area contributed by atoms with Gasteiger partial charge in [-0.25, -0.2) is 8.78 Å². The zero-order valence-electron chi connectivity index (χ0n) is 6.71. The number of rotatable bonds is 3. The maximum atomic E-state index is 12.1. The van der Waals surface area contributed by atoms with Crippen LogP contribution in [0.25, 0.3) is 0 Å². The number of aromatic nitrogens is 1. The van der Waals surface area contributed by atoms with E-state index in [1.165, 1.54) is 6.20 Å². The fourth-order valence-electron chi connectivity index (χ4n) is 0.847. The van der Waals surface area contributed by atoms with Gasteiger partial charge in [0.15, 0.2) is 5.78 Å². The molecule has 0 spiro atoms. The monoisotopic (exact) mass is 186 g/mol. The van der Waals surface area contributed by atoms with Gasteiger partial charge in [0.1, 0.15) is 0 Å². The van der Waals surface area contributed by atoms with Gasteiger partial charge in [-0.15, -0.1) is 0 Å². The Hall–Kier alpha value is -1.36. The second kappa shape index (κ2) is 4.04. The lowest BCUT2D eigenvalue weighted by Gasteiger charge is -2.00. The highest BCUT2D eigenvalue weighted by molar-refractivity contribution is 5.97. The van der Waals surface area contributed by atoms with E-state index in [9.17, 15) is 13.6 Å². The molecule has 0 unspecified atom stereocenters. The van der Waals surface area contributed by atoms with Crippen LogP contribution in [-0.2, 0) is 0 Å². The quantitative estimate of drug-likeness (QED) is 0.720. The molecule has 3 nitrogen and oxygen atoms in total. The van der Waals surface area contributed by atoms with Crippen LogP contribution in [0.5, 0.6) is 0 Å². The molecule has 0 atom stereocenters. The molecule has 0 saturated carbocycles. The lowest BCUT2D eigenvalue weighted by atomic mass is 10.1. The van der Waals surface area contributed by atoms with Crippen molar-refractivity contribution in [2.45, 2.75) is 6.43 Å². The summed E-state index contributed by atoms with van der Waals surface area (Å²) in [6, 6.07) is 1.10. The van der Waals surface area contributed by atoms with Crippen LogP contribution in [-0.4, -0.2) is 17.3 Å². The van der Waals surface area contributed by atoms with Gasteiger partial charge in [0, 0.05) is 23.5 Å². The molecule has 0 amide bonds. The first kappa shape index (κ1) is 9.73. The summed E-state index contributed by atoms with van der Waals surface area (Å²) in [6.07, 6.45) is -0.364. The number of ketones is 1. The molecule has 0 saturated heterocycles. The van der Waals surface area contributed by atoms with Crippen LogP contribution < -0.4 is 5.73 Å². The first-order valence-electron chi connectivity index (χ1n) is 3.61. The van der Waals surface area contributed by atoms with Gasteiger partial charge in [-0.2, -0.15) is 0 Å². The zero-order valence-corrected chi connectivity index (χ0v) is 6.71. The van der Waals surface area contributed by atoms with Crippen molar-refractivity contribution in [3.63, 3.8) is 0 Å². The molecule has 1 heterocycles. The van der Waals surface area contributed by atoms with Crippen molar-refractivity contribution < 1.29 is 13.6 Å². The van der Waals surface area contributed by atoms with Gasteiger partial charge in [0.05, 0.1) is 6.54 Å². The molecule has 0 aliphatic carbocycles. The second-order valence-corrected chi connectivity index (χ2v) is 2.43. The largest absolute Gasteiger partial charge is 0.324 e. The highest BCUT2D eigenvalue weighted by Crippen LogP contribution is 2.18. The number of hydrogen-bond acceptors (Lipinski definition) is 3. The average Bonchev–Trinajstić information content (AvgIpc) is 2.17. The lowest BCUT2D eigenvalue weighted by molar-refractivity contribution is 0.100. The van der Waals surface area contributed by atoms with Crippen molar-refractivity contribution in [1.29, 1.82) is 0 Å². The maximum Gasteiger partial charge on any atom is 0.265 e. The standard InChI is InChI=1S/C8H8F2N2O/c9-8(10)6-1-5(3-12-4-6)7(13)2-11/h1,3-4,8H,2,11H2. The number of alkyl halides is 2. The van der Waals surface area contributed by atoms with Gasteiger partial charge in [-0.1, -0.05) is 0 Å². The Morgan fingerprint density at radius 1 is 1.54 bits per heavy atom. The van der Waals surface area contributed by atoms with Crippen molar-refractivity contribution in [3.8, 4) is 0 Å². The van der Waals surface area contributed by atoms with Crippen molar-refractivity contribution in [2.75, 3.05) is 6.54 Å². The third kappa shape index (κ3) is 2.29. The number of carbonyl (C=O) groups is 1. The van der Waals surface area contributed by atoms with E-state index in [2.05, 4.69) is 4.98 Å². The molecule has 5 heteroatoms. The lowest BCUT2D eigenvalue weighted by Crippen LogP contribution is -2.14. The topological polar surface area (TPSA) is 56.0 Å². The molecule has 0 radical (unpaired) electrons. The summed E-state index contributed by atoms with van der Waals surface area (Å²) in [5, 5.41) is 0. The Morgan fingerprint density at radius 2 is 2.23 bits per heavy atom. The number of carbonyl (C=O) groups excluding carboxylic acids is 1. The molecule has 1 aromatic rings. The van der Waals surface area contributed by atoms with E-state index in [0.29, 0.717) is 0 Å². The van der Waals surface area contributed by atoms with Crippen LogP contribution in [0.3, 0.4) is 0 Å². The first-order valence-corrected chi connectivity index (χ1v) is 3.61. The summed E-state index contributed by atoms with van der Waals surface area (Å²) in [4.78, 5) is 14.5. The summed E-state index contributed by atoms with van der Waals surface area (Å²) in [7, 11) is 0. The first-order chi connectivity index (χ1) is 6.15. The predicted octanol–water partition coefficient (Wildman–Crippen LogP) is 1.16. The number of hydrogen-bond donors (Lipinski definition) is 1. The minimum absolute atomic E-state index is 0.125. The van der Waals surface area contributed by atoms with E-state index < -0.39 is 12.2 Å². The number of nitrogens with two attached hydrogens (primary N) is 1. The van der Waals surface area contributed by atoms with E-state index in [-0.39, 0.29) is 17.7 Å². The zero-order chi connectivity index (χ0) is 9.84. The van der Waals surface area contributed by atoms with Gasteiger partial charge >= 0.3 is 0 Å². The summed E-state index contributed by atoms with van der Waals surface area (Å²) < 4.78 is 24.3. The molecule has 70 valence electrons. The summed E-state index contributed by atoms with van der Waals surface area (Å²) in [6.45, 7) is -0.200. The second-order valence-electron chi connectivity index (χ2n) is 2.43. The van der Waals surface area contributed by atoms with Crippen LogP contribution in [0.15, 0.2) is 18.5 Å². The molecule has 0 bridgehead atoms. The van der Waals surface area contributed by atoms with Crippen LogP contribution in [0.2, 0.25) is 0 Å². The summed E-state index contributed by atoms with van der Waals surface area (Å²) in [5.41, 5.74) is 4.93. The van der Waals surface area contributed by atoms with Gasteiger partial charge in [-0.05, 0) is 6.07 Å². The van der Waals surface area contributed by atoms with Crippen LogP contribution in [0.4, 0.5) is 8.78 Å². The average molecular weight is 186 g/mol. The van der Waals surface area contributed by atoms with Crippen molar-refractivity contribution in [3.05, 3.63) is 29.6 Å². The van der Waals surface area contributed by atoms with Crippen LogP contribution >= 0.6 is 0 Å². The van der Waals surface area contributed by atoms with Gasteiger partial charge < -0.3 is 5.73 Å². The highest BCUT2D eigenvalue weighted by atomic mass is 19.3. The van der Waals surface area contributed by atoms with E-state index in [4.69, 9.17) is 5.73 Å².